The highest BCUT2D eigenvalue weighted by Crippen LogP contribution is 2.44. The van der Waals surface area contributed by atoms with Crippen molar-refractivity contribution in [1.29, 1.82) is 0 Å². The van der Waals surface area contributed by atoms with Crippen LogP contribution in [0, 0.1) is 6.92 Å². The molecule has 5 rings (SSSR count). The number of hydrogen-bond donors (Lipinski definition) is 1. The third kappa shape index (κ3) is 5.10. The largest absolute Gasteiger partial charge is 0.483 e. The summed E-state index contributed by atoms with van der Waals surface area (Å²) in [5, 5.41) is 3.51. The summed E-state index contributed by atoms with van der Waals surface area (Å²) in [7, 11) is -2.98. The monoisotopic (exact) mass is 501 g/mol. The molecule has 3 aliphatic rings. The Labute approximate surface area is 207 Å². The minimum Gasteiger partial charge on any atom is -0.483 e. The van der Waals surface area contributed by atoms with Crippen molar-refractivity contribution in [1.82, 2.24) is 14.9 Å². The summed E-state index contributed by atoms with van der Waals surface area (Å²) in [6, 6.07) is 4.39. The molecule has 1 atom stereocenters. The predicted molar refractivity (Wildman–Crippen MR) is 136 cm³/mol. The van der Waals surface area contributed by atoms with Gasteiger partial charge >= 0.3 is 0 Å². The Morgan fingerprint density at radius 3 is 2.57 bits per heavy atom. The number of aryl methyl sites for hydroxylation is 1. The maximum absolute atomic E-state index is 11.9. The van der Waals surface area contributed by atoms with Crippen molar-refractivity contribution in [3.8, 4) is 5.75 Å². The third-order valence-corrected chi connectivity index (χ3v) is 8.48. The van der Waals surface area contributed by atoms with E-state index in [1.807, 2.05) is 11.8 Å². The summed E-state index contributed by atoms with van der Waals surface area (Å²) in [5.74, 6) is 2.98. The molecule has 3 aliphatic heterocycles. The quantitative estimate of drug-likeness (QED) is 0.676. The van der Waals surface area contributed by atoms with E-state index in [4.69, 9.17) is 9.47 Å². The van der Waals surface area contributed by atoms with Crippen LogP contribution >= 0.6 is 0 Å². The lowest BCUT2D eigenvalue weighted by Gasteiger charge is -2.40. The smallest absolute Gasteiger partial charge is 0.153 e. The van der Waals surface area contributed by atoms with Gasteiger partial charge in [-0.2, -0.15) is 0 Å². The van der Waals surface area contributed by atoms with Crippen molar-refractivity contribution in [2.24, 2.45) is 0 Å². The molecule has 2 fully saturated rings. The van der Waals surface area contributed by atoms with Gasteiger partial charge in [-0.3, -0.25) is 4.90 Å². The van der Waals surface area contributed by atoms with Crippen LogP contribution in [0.15, 0.2) is 18.5 Å². The van der Waals surface area contributed by atoms with E-state index in [1.165, 1.54) is 11.9 Å². The first-order chi connectivity index (χ1) is 16.5. The molecule has 35 heavy (non-hydrogen) atoms. The van der Waals surface area contributed by atoms with Gasteiger partial charge in [-0.15, -0.1) is 0 Å². The summed E-state index contributed by atoms with van der Waals surface area (Å²) in [6.07, 6.45) is 1.25. The lowest BCUT2D eigenvalue weighted by molar-refractivity contribution is -0.0860. The fourth-order valence-corrected chi connectivity index (χ4v) is 6.06. The molecular weight excluding hydrogens is 466 g/mol. The molecule has 1 aromatic carbocycles. The number of ether oxygens (including phenoxy) is 2. The average molecular weight is 502 g/mol. The molecule has 2 saturated heterocycles. The molecule has 4 heterocycles. The second-order valence-corrected chi connectivity index (χ2v) is 13.1. The summed E-state index contributed by atoms with van der Waals surface area (Å²) >= 11 is 0. The minimum atomic E-state index is -2.98. The summed E-state index contributed by atoms with van der Waals surface area (Å²) in [4.78, 5) is 13.4. The van der Waals surface area contributed by atoms with Crippen LogP contribution in [0.1, 0.15) is 56.4 Å². The zero-order chi connectivity index (χ0) is 25.0. The van der Waals surface area contributed by atoms with Gasteiger partial charge in [0.25, 0.3) is 0 Å². The lowest BCUT2D eigenvalue weighted by atomic mass is 9.90. The Balaban J connectivity index is 1.38. The second-order valence-electron chi connectivity index (χ2n) is 10.8. The number of sulfone groups is 1. The van der Waals surface area contributed by atoms with Crippen molar-refractivity contribution in [2.75, 3.05) is 54.6 Å². The maximum Gasteiger partial charge on any atom is 0.153 e. The SMILES string of the molecule is Cc1cc(C2CN(COC(C)(C)C)C2)cc2c1O[C@H](C)c1c(ncnc1N1CCS(=O)(=O)CC1)N2. The highest BCUT2D eigenvalue weighted by Gasteiger charge is 2.33. The Bertz CT molecular complexity index is 1210. The van der Waals surface area contributed by atoms with Crippen LogP contribution in [0.2, 0.25) is 0 Å². The lowest BCUT2D eigenvalue weighted by Crippen LogP contribution is -2.47. The fraction of sp³-hybridized carbons (Fsp3) is 0.600. The number of nitrogens with zero attached hydrogens (tertiary/aromatic N) is 4. The van der Waals surface area contributed by atoms with Gasteiger partial charge in [-0.25, -0.2) is 18.4 Å². The molecule has 0 bridgehead atoms. The molecule has 2 aromatic rings. The second kappa shape index (κ2) is 8.90. The number of aromatic nitrogens is 2. The van der Waals surface area contributed by atoms with Crippen LogP contribution in [0.5, 0.6) is 5.75 Å². The van der Waals surface area contributed by atoms with E-state index in [0.29, 0.717) is 31.6 Å². The van der Waals surface area contributed by atoms with E-state index < -0.39 is 9.84 Å². The van der Waals surface area contributed by atoms with E-state index in [0.717, 1.165) is 41.5 Å². The Morgan fingerprint density at radius 2 is 1.89 bits per heavy atom. The van der Waals surface area contributed by atoms with Crippen molar-refractivity contribution in [3.05, 3.63) is 35.2 Å². The molecule has 1 N–H and O–H groups in total. The highest BCUT2D eigenvalue weighted by atomic mass is 32.2. The van der Waals surface area contributed by atoms with E-state index in [2.05, 4.69) is 60.0 Å². The number of benzene rings is 1. The van der Waals surface area contributed by atoms with Crippen LogP contribution < -0.4 is 15.0 Å². The van der Waals surface area contributed by atoms with E-state index in [9.17, 15) is 8.42 Å². The zero-order valence-corrected chi connectivity index (χ0v) is 22.0. The summed E-state index contributed by atoms with van der Waals surface area (Å²) < 4.78 is 36.2. The van der Waals surface area contributed by atoms with Crippen LogP contribution in [0.3, 0.4) is 0 Å². The van der Waals surface area contributed by atoms with Gasteiger partial charge in [0, 0.05) is 32.1 Å². The van der Waals surface area contributed by atoms with Gasteiger partial charge in [0.15, 0.2) is 9.84 Å². The van der Waals surface area contributed by atoms with Gasteiger partial charge in [-0.05, 0) is 51.8 Å². The first kappa shape index (κ1) is 24.3. The van der Waals surface area contributed by atoms with Gasteiger partial charge in [0.1, 0.15) is 29.8 Å². The van der Waals surface area contributed by atoms with Crippen molar-refractivity contribution in [3.63, 3.8) is 0 Å². The van der Waals surface area contributed by atoms with E-state index >= 15 is 0 Å². The molecule has 10 heteroatoms. The molecular formula is C25H35N5O4S. The molecule has 0 saturated carbocycles. The molecule has 9 nitrogen and oxygen atoms in total. The van der Waals surface area contributed by atoms with Gasteiger partial charge < -0.3 is 19.7 Å². The van der Waals surface area contributed by atoms with Crippen LogP contribution in [0.25, 0.3) is 0 Å². The molecule has 190 valence electrons. The van der Waals surface area contributed by atoms with Crippen molar-refractivity contribution >= 4 is 27.2 Å². The van der Waals surface area contributed by atoms with Crippen LogP contribution in [-0.2, 0) is 14.6 Å². The average Bonchev–Trinajstić information content (AvgIpc) is 2.88. The van der Waals surface area contributed by atoms with E-state index in [1.54, 1.807) is 0 Å². The van der Waals surface area contributed by atoms with E-state index in [-0.39, 0.29) is 23.2 Å². The molecule has 1 aromatic heterocycles. The maximum atomic E-state index is 11.9. The van der Waals surface area contributed by atoms with Crippen molar-refractivity contribution < 1.29 is 17.9 Å². The molecule has 0 radical (unpaired) electrons. The topological polar surface area (TPSA) is 96.9 Å². The Morgan fingerprint density at radius 1 is 1.17 bits per heavy atom. The van der Waals surface area contributed by atoms with Crippen LogP contribution in [-0.4, -0.2) is 73.3 Å². The first-order valence-electron chi connectivity index (χ1n) is 12.2. The summed E-state index contributed by atoms with van der Waals surface area (Å²) in [6.45, 7) is 13.7. The zero-order valence-electron chi connectivity index (χ0n) is 21.2. The fourth-order valence-electron chi connectivity index (χ4n) is 4.86. The number of hydrogen-bond acceptors (Lipinski definition) is 9. The van der Waals surface area contributed by atoms with Gasteiger partial charge in [-0.1, -0.05) is 6.07 Å². The number of anilines is 3. The van der Waals surface area contributed by atoms with Crippen molar-refractivity contribution in [2.45, 2.75) is 52.2 Å². The predicted octanol–water partition coefficient (Wildman–Crippen LogP) is 3.39. The van der Waals surface area contributed by atoms with Gasteiger partial charge in [0.05, 0.1) is 35.1 Å². The standard InChI is InChI=1S/C25H35N5O4S/c1-16-10-18(19-12-29(13-19)15-33-25(3,4)5)11-20-22(16)34-17(2)21-23(28-20)26-14-27-24(21)30-6-8-35(31,32)9-7-30/h10-11,14,17,19H,6-9,12-13,15H2,1-5H3,(H,26,27,28)/t17-/m1/s1. The number of nitrogens with one attached hydrogen (secondary N) is 1. The first-order valence-corrected chi connectivity index (χ1v) is 14.1. The van der Waals surface area contributed by atoms with Gasteiger partial charge in [0.2, 0.25) is 0 Å². The molecule has 0 amide bonds. The number of fused-ring (bicyclic) bond motifs is 2. The highest BCUT2D eigenvalue weighted by molar-refractivity contribution is 7.91. The number of likely N-dealkylation sites (tertiary alicyclic amines) is 1. The Hall–Kier alpha value is -2.43. The van der Waals surface area contributed by atoms with Crippen LogP contribution in [0.4, 0.5) is 17.3 Å². The molecule has 0 unspecified atom stereocenters. The normalized spacial score (nSPS) is 22.3. The molecule has 0 spiro atoms. The Kier molecular flexibility index (Phi) is 6.17. The summed E-state index contributed by atoms with van der Waals surface area (Å²) in [5.41, 5.74) is 3.97. The third-order valence-electron chi connectivity index (χ3n) is 6.87. The number of rotatable bonds is 4. The minimum absolute atomic E-state index is 0.135. The molecule has 0 aliphatic carbocycles.